The molecule has 2 aromatic rings. The molecule has 2 aromatic carbocycles. The molecule has 0 bridgehead atoms. The van der Waals surface area contributed by atoms with E-state index >= 15 is 0 Å². The normalized spacial score (nSPS) is 11.9. The number of carbonyl (C=O) groups excluding carboxylic acids is 1. The molecule has 0 radical (unpaired) electrons. The maximum Gasteiger partial charge on any atom is 0.251 e. The van der Waals surface area contributed by atoms with Gasteiger partial charge in [0.15, 0.2) is 0 Å². The summed E-state index contributed by atoms with van der Waals surface area (Å²) in [4.78, 5) is 12.3. The van der Waals surface area contributed by atoms with Gasteiger partial charge in [-0.15, -0.1) is 0 Å². The molecule has 0 aliphatic carbocycles. The minimum atomic E-state index is -0.0428. The Kier molecular flexibility index (Phi) is 4.96. The maximum absolute atomic E-state index is 12.3. The van der Waals surface area contributed by atoms with Gasteiger partial charge in [-0.25, -0.2) is 0 Å². The summed E-state index contributed by atoms with van der Waals surface area (Å²) in [5, 5.41) is 3.09. The van der Waals surface area contributed by atoms with E-state index < -0.39 is 0 Å². The van der Waals surface area contributed by atoms with Crippen LogP contribution in [-0.4, -0.2) is 5.91 Å². The SMILES string of the molecule is CC[C@@H](NC(=O)c1cccc(Br)c1)c1ccc(C)cc1. The quantitative estimate of drug-likeness (QED) is 0.868. The molecule has 1 N–H and O–H groups in total. The van der Waals surface area contributed by atoms with Gasteiger partial charge in [0.2, 0.25) is 0 Å². The smallest absolute Gasteiger partial charge is 0.251 e. The molecule has 2 rings (SSSR count). The molecule has 0 spiro atoms. The molecule has 0 fully saturated rings. The second-order valence-corrected chi connectivity index (χ2v) is 5.77. The van der Waals surface area contributed by atoms with Crippen LogP contribution in [0, 0.1) is 6.92 Å². The van der Waals surface area contributed by atoms with Gasteiger partial charge in [0.25, 0.3) is 5.91 Å². The Hall–Kier alpha value is -1.61. The minimum Gasteiger partial charge on any atom is -0.345 e. The van der Waals surface area contributed by atoms with Gasteiger partial charge in [-0.1, -0.05) is 58.7 Å². The van der Waals surface area contributed by atoms with Gasteiger partial charge < -0.3 is 5.32 Å². The van der Waals surface area contributed by atoms with E-state index in [9.17, 15) is 4.79 Å². The van der Waals surface area contributed by atoms with Crippen LogP contribution >= 0.6 is 15.9 Å². The van der Waals surface area contributed by atoms with Crippen LogP contribution < -0.4 is 5.32 Å². The standard InChI is InChI=1S/C17H18BrNO/c1-3-16(13-9-7-12(2)8-10-13)19-17(20)14-5-4-6-15(18)11-14/h4-11,16H,3H2,1-2H3,(H,19,20)/t16-/m1/s1. The largest absolute Gasteiger partial charge is 0.345 e. The Bertz CT molecular complexity index is 592. The number of amides is 1. The lowest BCUT2D eigenvalue weighted by Gasteiger charge is -2.18. The van der Waals surface area contributed by atoms with Crippen molar-refractivity contribution >= 4 is 21.8 Å². The predicted octanol–water partition coefficient (Wildman–Crippen LogP) is 4.64. The van der Waals surface area contributed by atoms with Gasteiger partial charge >= 0.3 is 0 Å². The zero-order valence-corrected chi connectivity index (χ0v) is 13.3. The van der Waals surface area contributed by atoms with Crippen LogP contribution in [0.2, 0.25) is 0 Å². The van der Waals surface area contributed by atoms with Crippen molar-refractivity contribution in [1.29, 1.82) is 0 Å². The molecule has 0 unspecified atom stereocenters. The van der Waals surface area contributed by atoms with Crippen molar-refractivity contribution in [2.45, 2.75) is 26.3 Å². The van der Waals surface area contributed by atoms with Crippen LogP contribution in [0.4, 0.5) is 0 Å². The van der Waals surface area contributed by atoms with E-state index in [0.717, 1.165) is 16.5 Å². The van der Waals surface area contributed by atoms with Gasteiger partial charge in [0.05, 0.1) is 6.04 Å². The zero-order valence-electron chi connectivity index (χ0n) is 11.7. The van der Waals surface area contributed by atoms with Crippen molar-refractivity contribution in [3.63, 3.8) is 0 Å². The Morgan fingerprint density at radius 3 is 2.50 bits per heavy atom. The summed E-state index contributed by atoms with van der Waals surface area (Å²) in [5.41, 5.74) is 3.04. The summed E-state index contributed by atoms with van der Waals surface area (Å²) < 4.78 is 0.911. The van der Waals surface area contributed by atoms with Crippen LogP contribution in [-0.2, 0) is 0 Å². The number of rotatable bonds is 4. The molecule has 3 heteroatoms. The Labute approximate surface area is 128 Å². The third-order valence-corrected chi connectivity index (χ3v) is 3.77. The van der Waals surface area contributed by atoms with E-state index in [-0.39, 0.29) is 11.9 Å². The predicted molar refractivity (Wildman–Crippen MR) is 85.8 cm³/mol. The summed E-state index contributed by atoms with van der Waals surface area (Å²) in [5.74, 6) is -0.0428. The van der Waals surface area contributed by atoms with E-state index in [1.54, 1.807) is 0 Å². The fourth-order valence-corrected chi connectivity index (χ4v) is 2.49. The van der Waals surface area contributed by atoms with Crippen molar-refractivity contribution in [3.05, 3.63) is 69.7 Å². The van der Waals surface area contributed by atoms with Crippen molar-refractivity contribution < 1.29 is 4.79 Å². The average molecular weight is 332 g/mol. The number of carbonyl (C=O) groups is 1. The zero-order chi connectivity index (χ0) is 14.5. The summed E-state index contributed by atoms with van der Waals surface area (Å²) >= 11 is 3.39. The first-order chi connectivity index (χ1) is 9.60. The molecule has 0 saturated carbocycles. The summed E-state index contributed by atoms with van der Waals surface area (Å²) in [6, 6.07) is 15.8. The van der Waals surface area contributed by atoms with E-state index in [2.05, 4.69) is 59.4 Å². The number of nitrogens with one attached hydrogen (secondary N) is 1. The van der Waals surface area contributed by atoms with E-state index in [1.807, 2.05) is 24.3 Å². The summed E-state index contributed by atoms with van der Waals surface area (Å²) in [7, 11) is 0. The number of hydrogen-bond acceptors (Lipinski definition) is 1. The molecular formula is C17H18BrNO. The first kappa shape index (κ1) is 14.8. The highest BCUT2D eigenvalue weighted by molar-refractivity contribution is 9.10. The van der Waals surface area contributed by atoms with E-state index in [1.165, 1.54) is 5.56 Å². The number of halogens is 1. The molecule has 0 saturated heterocycles. The van der Waals surface area contributed by atoms with Crippen molar-refractivity contribution in [2.75, 3.05) is 0 Å². The van der Waals surface area contributed by atoms with Crippen LogP contribution in [0.1, 0.15) is 40.9 Å². The molecule has 0 heterocycles. The molecule has 1 atom stereocenters. The lowest BCUT2D eigenvalue weighted by molar-refractivity contribution is 0.0935. The van der Waals surface area contributed by atoms with Gasteiger partial charge in [0.1, 0.15) is 0 Å². The fourth-order valence-electron chi connectivity index (χ4n) is 2.09. The topological polar surface area (TPSA) is 29.1 Å². The molecule has 104 valence electrons. The second-order valence-electron chi connectivity index (χ2n) is 4.86. The number of aryl methyl sites for hydroxylation is 1. The first-order valence-electron chi connectivity index (χ1n) is 6.73. The molecule has 0 aromatic heterocycles. The third-order valence-electron chi connectivity index (χ3n) is 3.28. The molecule has 2 nitrogen and oxygen atoms in total. The van der Waals surface area contributed by atoms with Crippen LogP contribution in [0.25, 0.3) is 0 Å². The van der Waals surface area contributed by atoms with E-state index in [0.29, 0.717) is 5.56 Å². The first-order valence-corrected chi connectivity index (χ1v) is 7.52. The van der Waals surface area contributed by atoms with Crippen molar-refractivity contribution in [3.8, 4) is 0 Å². The van der Waals surface area contributed by atoms with Gasteiger partial charge in [-0.3, -0.25) is 4.79 Å². The Balaban J connectivity index is 2.14. The lowest BCUT2D eigenvalue weighted by Crippen LogP contribution is -2.28. The Morgan fingerprint density at radius 1 is 1.20 bits per heavy atom. The molecule has 20 heavy (non-hydrogen) atoms. The van der Waals surface area contributed by atoms with Crippen LogP contribution in [0.3, 0.4) is 0 Å². The summed E-state index contributed by atoms with van der Waals surface area (Å²) in [6.07, 6.45) is 0.864. The second kappa shape index (κ2) is 6.71. The number of benzene rings is 2. The highest BCUT2D eigenvalue weighted by Crippen LogP contribution is 2.18. The maximum atomic E-state index is 12.3. The van der Waals surface area contributed by atoms with Crippen LogP contribution in [0.15, 0.2) is 53.0 Å². The third kappa shape index (κ3) is 3.70. The summed E-state index contributed by atoms with van der Waals surface area (Å²) in [6.45, 7) is 4.14. The molecule has 0 aliphatic heterocycles. The molecule has 1 amide bonds. The number of hydrogen-bond donors (Lipinski definition) is 1. The van der Waals surface area contributed by atoms with Gasteiger partial charge in [0, 0.05) is 10.0 Å². The monoisotopic (exact) mass is 331 g/mol. The average Bonchev–Trinajstić information content (AvgIpc) is 2.45. The van der Waals surface area contributed by atoms with Gasteiger partial charge in [-0.05, 0) is 37.1 Å². The Morgan fingerprint density at radius 2 is 1.90 bits per heavy atom. The minimum absolute atomic E-state index is 0.0428. The molecular weight excluding hydrogens is 314 g/mol. The fraction of sp³-hybridized carbons (Fsp3) is 0.235. The van der Waals surface area contributed by atoms with E-state index in [4.69, 9.17) is 0 Å². The van der Waals surface area contributed by atoms with Crippen molar-refractivity contribution in [1.82, 2.24) is 5.32 Å². The molecule has 0 aliphatic rings. The highest BCUT2D eigenvalue weighted by Gasteiger charge is 2.14. The lowest BCUT2D eigenvalue weighted by atomic mass is 10.0. The highest BCUT2D eigenvalue weighted by atomic mass is 79.9. The van der Waals surface area contributed by atoms with Gasteiger partial charge in [-0.2, -0.15) is 0 Å². The van der Waals surface area contributed by atoms with Crippen molar-refractivity contribution in [2.24, 2.45) is 0 Å². The van der Waals surface area contributed by atoms with Crippen LogP contribution in [0.5, 0.6) is 0 Å².